The number of carbonyl (C=O) groups excluding carboxylic acids is 1. The zero-order chi connectivity index (χ0) is 15.0. The quantitative estimate of drug-likeness (QED) is 0.755. The van der Waals surface area contributed by atoms with Gasteiger partial charge in [0.25, 0.3) is 0 Å². The van der Waals surface area contributed by atoms with E-state index in [2.05, 4.69) is 10.6 Å². The minimum Gasteiger partial charge on any atom is -0.495 e. The van der Waals surface area contributed by atoms with Gasteiger partial charge in [-0.3, -0.25) is 0 Å². The monoisotopic (exact) mass is 280 g/mol. The molecule has 0 aromatic heterocycles. The lowest BCUT2D eigenvalue weighted by Crippen LogP contribution is -2.30. The Balaban J connectivity index is 2.37. The van der Waals surface area contributed by atoms with Crippen molar-refractivity contribution in [3.05, 3.63) is 23.8 Å². The summed E-state index contributed by atoms with van der Waals surface area (Å²) in [6.45, 7) is 7.17. The highest BCUT2D eigenvalue weighted by molar-refractivity contribution is 5.91. The first kappa shape index (κ1) is 16.3. The van der Waals surface area contributed by atoms with E-state index in [0.717, 1.165) is 12.0 Å². The van der Waals surface area contributed by atoms with Gasteiger partial charge in [-0.25, -0.2) is 4.79 Å². The van der Waals surface area contributed by atoms with Crippen molar-refractivity contribution >= 4 is 11.7 Å². The van der Waals surface area contributed by atoms with Gasteiger partial charge in [-0.2, -0.15) is 0 Å². The Labute approximate surface area is 120 Å². The van der Waals surface area contributed by atoms with Crippen LogP contribution in [0.5, 0.6) is 5.75 Å². The van der Waals surface area contributed by atoms with E-state index < -0.39 is 0 Å². The van der Waals surface area contributed by atoms with Crippen LogP contribution in [0.2, 0.25) is 0 Å². The number of carbonyl (C=O) groups is 1. The molecule has 0 heterocycles. The molecule has 0 saturated heterocycles. The Hall–Kier alpha value is -1.75. The van der Waals surface area contributed by atoms with E-state index in [-0.39, 0.29) is 12.1 Å². The molecule has 5 heteroatoms. The van der Waals surface area contributed by atoms with Crippen LogP contribution in [0.1, 0.15) is 25.8 Å². The predicted molar refractivity (Wildman–Crippen MR) is 80.5 cm³/mol. The third-order valence-corrected chi connectivity index (χ3v) is 2.66. The number of urea groups is 1. The summed E-state index contributed by atoms with van der Waals surface area (Å²) >= 11 is 0. The molecule has 0 spiro atoms. The van der Waals surface area contributed by atoms with Crippen LogP contribution in [0.15, 0.2) is 18.2 Å². The van der Waals surface area contributed by atoms with Crippen molar-refractivity contribution in [3.63, 3.8) is 0 Å². The fraction of sp³-hybridized carbons (Fsp3) is 0.533. The molecule has 5 nitrogen and oxygen atoms in total. The molecule has 1 rings (SSSR count). The van der Waals surface area contributed by atoms with Gasteiger partial charge in [-0.15, -0.1) is 0 Å². The van der Waals surface area contributed by atoms with E-state index >= 15 is 0 Å². The van der Waals surface area contributed by atoms with Gasteiger partial charge in [0, 0.05) is 13.2 Å². The smallest absolute Gasteiger partial charge is 0.319 e. The highest BCUT2D eigenvalue weighted by Gasteiger charge is 2.07. The Morgan fingerprint density at radius 2 is 2.10 bits per heavy atom. The van der Waals surface area contributed by atoms with Gasteiger partial charge in [-0.1, -0.05) is 6.07 Å². The molecular formula is C15H24N2O3. The van der Waals surface area contributed by atoms with Crippen molar-refractivity contribution in [2.45, 2.75) is 33.3 Å². The lowest BCUT2D eigenvalue weighted by Gasteiger charge is -2.12. The lowest BCUT2D eigenvalue weighted by molar-refractivity contribution is 0.0775. The molecule has 0 aliphatic rings. The second kappa shape index (κ2) is 8.43. The number of benzene rings is 1. The van der Waals surface area contributed by atoms with Crippen LogP contribution in [-0.4, -0.2) is 32.4 Å². The van der Waals surface area contributed by atoms with Crippen LogP contribution < -0.4 is 15.4 Å². The number of hydrogen-bond donors (Lipinski definition) is 2. The van der Waals surface area contributed by atoms with E-state index in [9.17, 15) is 4.79 Å². The number of aryl methyl sites for hydroxylation is 1. The molecule has 1 aromatic rings. The third-order valence-electron chi connectivity index (χ3n) is 2.66. The first-order valence-corrected chi connectivity index (χ1v) is 6.84. The fourth-order valence-corrected chi connectivity index (χ4v) is 1.68. The summed E-state index contributed by atoms with van der Waals surface area (Å²) in [5, 5.41) is 5.58. The topological polar surface area (TPSA) is 59.6 Å². The number of nitrogens with one attached hydrogen (secondary N) is 2. The van der Waals surface area contributed by atoms with Crippen molar-refractivity contribution in [3.8, 4) is 5.75 Å². The molecule has 0 aliphatic carbocycles. The second-order valence-electron chi connectivity index (χ2n) is 4.86. The largest absolute Gasteiger partial charge is 0.495 e. The summed E-state index contributed by atoms with van der Waals surface area (Å²) in [4.78, 5) is 11.8. The zero-order valence-electron chi connectivity index (χ0n) is 12.7. The van der Waals surface area contributed by atoms with Crippen LogP contribution in [-0.2, 0) is 4.74 Å². The van der Waals surface area contributed by atoms with E-state index in [1.165, 1.54) is 0 Å². The van der Waals surface area contributed by atoms with Crippen molar-refractivity contribution < 1.29 is 14.3 Å². The van der Waals surface area contributed by atoms with Crippen LogP contribution in [0.3, 0.4) is 0 Å². The summed E-state index contributed by atoms with van der Waals surface area (Å²) in [5.74, 6) is 0.647. The number of anilines is 1. The van der Waals surface area contributed by atoms with Crippen LogP contribution in [0, 0.1) is 6.92 Å². The Morgan fingerprint density at radius 1 is 1.35 bits per heavy atom. The van der Waals surface area contributed by atoms with E-state index in [4.69, 9.17) is 9.47 Å². The summed E-state index contributed by atoms with van der Waals surface area (Å²) < 4.78 is 10.6. The highest BCUT2D eigenvalue weighted by Crippen LogP contribution is 2.24. The Bertz CT molecular complexity index is 433. The first-order valence-electron chi connectivity index (χ1n) is 6.84. The minimum absolute atomic E-state index is 0.223. The molecule has 2 N–H and O–H groups in total. The van der Waals surface area contributed by atoms with Crippen LogP contribution >= 0.6 is 0 Å². The number of rotatable bonds is 7. The number of ether oxygens (including phenoxy) is 2. The van der Waals surface area contributed by atoms with Gasteiger partial charge in [0.2, 0.25) is 0 Å². The zero-order valence-corrected chi connectivity index (χ0v) is 12.7. The SMILES string of the molecule is COc1ccc(C)cc1NC(=O)NCCCOC(C)C. The normalized spacial score (nSPS) is 10.4. The molecule has 0 unspecified atom stereocenters. The maximum atomic E-state index is 11.8. The van der Waals surface area contributed by atoms with Crippen LogP contribution in [0.25, 0.3) is 0 Å². The number of hydrogen-bond acceptors (Lipinski definition) is 3. The number of methoxy groups -OCH3 is 1. The first-order chi connectivity index (χ1) is 9.52. The molecule has 0 radical (unpaired) electrons. The molecule has 112 valence electrons. The number of amides is 2. The lowest BCUT2D eigenvalue weighted by atomic mass is 10.2. The summed E-state index contributed by atoms with van der Waals surface area (Å²) in [7, 11) is 1.58. The molecule has 0 atom stereocenters. The molecule has 2 amide bonds. The average Bonchev–Trinajstić information content (AvgIpc) is 2.38. The summed E-state index contributed by atoms with van der Waals surface area (Å²) in [5.41, 5.74) is 1.73. The van der Waals surface area contributed by atoms with Crippen molar-refractivity contribution in [2.24, 2.45) is 0 Å². The van der Waals surface area contributed by atoms with Crippen LogP contribution in [0.4, 0.5) is 10.5 Å². The van der Waals surface area contributed by atoms with Crippen molar-refractivity contribution in [1.82, 2.24) is 5.32 Å². The van der Waals surface area contributed by atoms with E-state index in [1.54, 1.807) is 7.11 Å². The van der Waals surface area contributed by atoms with Crippen molar-refractivity contribution in [1.29, 1.82) is 0 Å². The van der Waals surface area contributed by atoms with Gasteiger partial charge < -0.3 is 20.1 Å². The Morgan fingerprint density at radius 3 is 2.75 bits per heavy atom. The van der Waals surface area contributed by atoms with Crippen molar-refractivity contribution in [2.75, 3.05) is 25.6 Å². The predicted octanol–water partition coefficient (Wildman–Crippen LogP) is 2.94. The maximum Gasteiger partial charge on any atom is 0.319 e. The van der Waals surface area contributed by atoms with E-state index in [1.807, 2.05) is 39.0 Å². The Kier molecular flexibility index (Phi) is 6.87. The van der Waals surface area contributed by atoms with Gasteiger partial charge in [-0.05, 0) is 44.9 Å². The average molecular weight is 280 g/mol. The molecular weight excluding hydrogens is 256 g/mol. The van der Waals surface area contributed by atoms with Gasteiger partial charge in [0.15, 0.2) is 0 Å². The summed E-state index contributed by atoms with van der Waals surface area (Å²) in [6.07, 6.45) is 1.01. The molecule has 0 aliphatic heterocycles. The van der Waals surface area contributed by atoms with Gasteiger partial charge in [0.1, 0.15) is 5.75 Å². The molecule has 20 heavy (non-hydrogen) atoms. The maximum absolute atomic E-state index is 11.8. The molecule has 0 bridgehead atoms. The van der Waals surface area contributed by atoms with Gasteiger partial charge in [0.05, 0.1) is 18.9 Å². The van der Waals surface area contributed by atoms with E-state index in [0.29, 0.717) is 24.6 Å². The summed E-state index contributed by atoms with van der Waals surface area (Å²) in [6, 6.07) is 5.41. The molecule has 1 aromatic carbocycles. The molecule has 0 saturated carbocycles. The standard InChI is InChI=1S/C15H24N2O3/c1-11(2)20-9-5-8-16-15(18)17-13-10-12(3)6-7-14(13)19-4/h6-7,10-11H,5,8-9H2,1-4H3,(H2,16,17,18). The highest BCUT2D eigenvalue weighted by atomic mass is 16.5. The third kappa shape index (κ3) is 5.93. The fourth-order valence-electron chi connectivity index (χ4n) is 1.68. The minimum atomic E-state index is -0.238. The molecule has 0 fully saturated rings. The van der Waals surface area contributed by atoms with Gasteiger partial charge >= 0.3 is 6.03 Å². The second-order valence-corrected chi connectivity index (χ2v) is 4.86.